The number of nitrogens with one attached hydrogen (secondary N) is 1. The summed E-state index contributed by atoms with van der Waals surface area (Å²) in [6.45, 7) is 2.57. The monoisotopic (exact) mass is 256 g/mol. The number of rotatable bonds is 1. The second-order valence-corrected chi connectivity index (χ2v) is 4.86. The van der Waals surface area contributed by atoms with Crippen LogP contribution in [-0.2, 0) is 6.42 Å². The molecule has 2 aromatic rings. The molecule has 0 atom stereocenters. The van der Waals surface area contributed by atoms with Crippen LogP contribution < -0.4 is 10.6 Å². The van der Waals surface area contributed by atoms with Crippen molar-refractivity contribution in [3.8, 4) is 0 Å². The quantitative estimate of drug-likeness (QED) is 0.765. The van der Waals surface area contributed by atoms with Gasteiger partial charge in [0.25, 0.3) is 5.91 Å². The van der Waals surface area contributed by atoms with Crippen LogP contribution in [0.5, 0.6) is 0 Å². The number of H-pyrrole nitrogens is 1. The van der Waals surface area contributed by atoms with Gasteiger partial charge in [-0.25, -0.2) is 0 Å². The Hall–Kier alpha value is -2.30. The first kappa shape index (κ1) is 11.8. The lowest BCUT2D eigenvalue weighted by Gasteiger charge is -2.29. The van der Waals surface area contributed by atoms with E-state index in [1.807, 2.05) is 25.1 Å². The highest BCUT2D eigenvalue weighted by molar-refractivity contribution is 6.07. The number of hydrogen-bond donors (Lipinski definition) is 2. The van der Waals surface area contributed by atoms with Gasteiger partial charge < -0.3 is 10.6 Å². The summed E-state index contributed by atoms with van der Waals surface area (Å²) in [6.07, 6.45) is 3.54. The number of benzene rings is 1. The second kappa shape index (κ2) is 4.42. The molecule has 98 valence electrons. The molecule has 19 heavy (non-hydrogen) atoms. The zero-order valence-corrected chi connectivity index (χ0v) is 10.8. The molecule has 5 heteroatoms. The minimum atomic E-state index is -0.0159. The van der Waals surface area contributed by atoms with Gasteiger partial charge in [-0.3, -0.25) is 9.89 Å². The third-order valence-electron chi connectivity index (χ3n) is 3.53. The molecule has 0 aliphatic carbocycles. The van der Waals surface area contributed by atoms with Crippen LogP contribution in [0.4, 0.5) is 11.4 Å². The number of aromatic nitrogens is 2. The number of nitrogen functional groups attached to an aromatic ring is 1. The normalized spacial score (nSPS) is 14.3. The lowest BCUT2D eigenvalue weighted by atomic mass is 10.0. The summed E-state index contributed by atoms with van der Waals surface area (Å²) in [7, 11) is 0. The minimum absolute atomic E-state index is 0.0159. The Labute approximate surface area is 111 Å². The van der Waals surface area contributed by atoms with Gasteiger partial charge in [0.2, 0.25) is 0 Å². The van der Waals surface area contributed by atoms with Crippen molar-refractivity contribution < 1.29 is 4.79 Å². The summed E-state index contributed by atoms with van der Waals surface area (Å²) in [6, 6.07) is 5.77. The van der Waals surface area contributed by atoms with Gasteiger partial charge in [-0.1, -0.05) is 6.07 Å². The molecule has 5 nitrogen and oxygen atoms in total. The highest BCUT2D eigenvalue weighted by atomic mass is 16.2. The van der Waals surface area contributed by atoms with Crippen LogP contribution in [0.15, 0.2) is 24.4 Å². The lowest BCUT2D eigenvalue weighted by Crippen LogP contribution is -2.35. The Balaban J connectivity index is 2.02. The average molecular weight is 256 g/mol. The van der Waals surface area contributed by atoms with E-state index in [-0.39, 0.29) is 5.91 Å². The van der Waals surface area contributed by atoms with Crippen molar-refractivity contribution in [3.63, 3.8) is 0 Å². The van der Waals surface area contributed by atoms with E-state index in [1.54, 1.807) is 11.1 Å². The van der Waals surface area contributed by atoms with E-state index >= 15 is 0 Å². The molecule has 1 aromatic carbocycles. The fraction of sp³-hybridized carbons (Fsp3) is 0.286. The standard InChI is InChI=1S/C14H16N4O/c1-9-12(8-16-17-9)14(19)18-6-2-3-10-4-5-11(15)7-13(10)18/h4-5,7-8H,2-3,6,15H2,1H3,(H,16,17). The molecule has 1 aliphatic rings. The van der Waals surface area contributed by atoms with E-state index in [9.17, 15) is 4.79 Å². The third kappa shape index (κ3) is 1.97. The van der Waals surface area contributed by atoms with Crippen LogP contribution >= 0.6 is 0 Å². The van der Waals surface area contributed by atoms with E-state index in [2.05, 4.69) is 10.2 Å². The minimum Gasteiger partial charge on any atom is -0.399 e. The average Bonchev–Trinajstić information content (AvgIpc) is 2.83. The smallest absolute Gasteiger partial charge is 0.261 e. The van der Waals surface area contributed by atoms with Crippen molar-refractivity contribution >= 4 is 17.3 Å². The predicted octanol–water partition coefficient (Wildman–Crippen LogP) is 1.89. The summed E-state index contributed by atoms with van der Waals surface area (Å²) in [4.78, 5) is 14.4. The number of anilines is 2. The van der Waals surface area contributed by atoms with E-state index < -0.39 is 0 Å². The number of nitrogens with zero attached hydrogens (tertiary/aromatic N) is 2. The molecular weight excluding hydrogens is 240 g/mol. The van der Waals surface area contributed by atoms with Crippen LogP contribution in [-0.4, -0.2) is 22.6 Å². The van der Waals surface area contributed by atoms with Crippen LogP contribution in [0.2, 0.25) is 0 Å². The van der Waals surface area contributed by atoms with Crippen molar-refractivity contribution in [2.45, 2.75) is 19.8 Å². The first-order chi connectivity index (χ1) is 9.16. The topological polar surface area (TPSA) is 75.0 Å². The Kier molecular flexibility index (Phi) is 2.74. The molecule has 0 radical (unpaired) electrons. The van der Waals surface area contributed by atoms with E-state index in [4.69, 9.17) is 5.73 Å². The van der Waals surface area contributed by atoms with E-state index in [0.29, 0.717) is 11.3 Å². The predicted molar refractivity (Wildman–Crippen MR) is 74.2 cm³/mol. The summed E-state index contributed by atoms with van der Waals surface area (Å²) < 4.78 is 0. The summed E-state index contributed by atoms with van der Waals surface area (Å²) in [5.74, 6) is -0.0159. The van der Waals surface area contributed by atoms with Crippen molar-refractivity contribution in [1.82, 2.24) is 10.2 Å². The van der Waals surface area contributed by atoms with E-state index in [1.165, 1.54) is 5.56 Å². The maximum absolute atomic E-state index is 12.6. The Bertz CT molecular complexity index is 632. The van der Waals surface area contributed by atoms with Gasteiger partial charge in [0.05, 0.1) is 11.8 Å². The molecule has 0 unspecified atom stereocenters. The molecule has 0 spiro atoms. The SMILES string of the molecule is Cc1[nH]ncc1C(=O)N1CCCc2ccc(N)cc21. The molecule has 0 saturated heterocycles. The van der Waals surface area contributed by atoms with Crippen LogP contribution in [0, 0.1) is 6.92 Å². The highest BCUT2D eigenvalue weighted by Crippen LogP contribution is 2.30. The Morgan fingerprint density at radius 3 is 3.05 bits per heavy atom. The van der Waals surface area contributed by atoms with Crippen molar-refractivity contribution in [1.29, 1.82) is 0 Å². The highest BCUT2D eigenvalue weighted by Gasteiger charge is 2.25. The molecule has 3 N–H and O–H groups in total. The van der Waals surface area contributed by atoms with Crippen molar-refractivity contribution in [2.24, 2.45) is 0 Å². The zero-order valence-electron chi connectivity index (χ0n) is 10.8. The fourth-order valence-corrected chi connectivity index (χ4v) is 2.51. The number of amides is 1. The summed E-state index contributed by atoms with van der Waals surface area (Å²) in [5, 5.41) is 6.72. The number of aromatic amines is 1. The summed E-state index contributed by atoms with van der Waals surface area (Å²) >= 11 is 0. The maximum Gasteiger partial charge on any atom is 0.261 e. The molecule has 0 saturated carbocycles. The molecule has 2 heterocycles. The number of fused-ring (bicyclic) bond motifs is 1. The summed E-state index contributed by atoms with van der Waals surface area (Å²) in [5.41, 5.74) is 10.0. The van der Waals surface area contributed by atoms with Gasteiger partial charge in [-0.05, 0) is 37.5 Å². The number of aryl methyl sites for hydroxylation is 2. The molecular formula is C14H16N4O. The zero-order chi connectivity index (χ0) is 13.4. The van der Waals surface area contributed by atoms with Crippen molar-refractivity contribution in [2.75, 3.05) is 17.2 Å². The van der Waals surface area contributed by atoms with Gasteiger partial charge in [0, 0.05) is 23.6 Å². The Morgan fingerprint density at radius 1 is 1.47 bits per heavy atom. The molecule has 0 fully saturated rings. The third-order valence-corrected chi connectivity index (χ3v) is 3.53. The van der Waals surface area contributed by atoms with E-state index in [0.717, 1.165) is 30.8 Å². The molecule has 1 amide bonds. The maximum atomic E-state index is 12.6. The largest absolute Gasteiger partial charge is 0.399 e. The van der Waals surface area contributed by atoms with Crippen LogP contribution in [0.25, 0.3) is 0 Å². The first-order valence-corrected chi connectivity index (χ1v) is 6.37. The van der Waals surface area contributed by atoms with Crippen LogP contribution in [0.1, 0.15) is 28.0 Å². The van der Waals surface area contributed by atoms with Gasteiger partial charge in [0.15, 0.2) is 0 Å². The van der Waals surface area contributed by atoms with Gasteiger partial charge >= 0.3 is 0 Å². The van der Waals surface area contributed by atoms with Gasteiger partial charge in [-0.15, -0.1) is 0 Å². The molecule has 3 rings (SSSR count). The Morgan fingerprint density at radius 2 is 2.32 bits per heavy atom. The molecule has 1 aromatic heterocycles. The molecule has 1 aliphatic heterocycles. The van der Waals surface area contributed by atoms with Crippen molar-refractivity contribution in [3.05, 3.63) is 41.2 Å². The fourth-order valence-electron chi connectivity index (χ4n) is 2.51. The second-order valence-electron chi connectivity index (χ2n) is 4.86. The van der Waals surface area contributed by atoms with Gasteiger partial charge in [-0.2, -0.15) is 5.10 Å². The number of carbonyl (C=O) groups excluding carboxylic acids is 1. The number of hydrogen-bond acceptors (Lipinski definition) is 3. The first-order valence-electron chi connectivity index (χ1n) is 6.37. The van der Waals surface area contributed by atoms with Gasteiger partial charge in [0.1, 0.15) is 0 Å². The lowest BCUT2D eigenvalue weighted by molar-refractivity contribution is 0.0984. The molecule has 0 bridgehead atoms. The van der Waals surface area contributed by atoms with Crippen LogP contribution in [0.3, 0.4) is 0 Å². The number of carbonyl (C=O) groups is 1. The number of nitrogens with two attached hydrogens (primary N) is 1.